The summed E-state index contributed by atoms with van der Waals surface area (Å²) < 4.78 is 19.4. The lowest BCUT2D eigenvalue weighted by Gasteiger charge is -2.25. The van der Waals surface area contributed by atoms with Crippen molar-refractivity contribution in [1.29, 1.82) is 0 Å². The van der Waals surface area contributed by atoms with Gasteiger partial charge in [0.05, 0.1) is 12.8 Å². The van der Waals surface area contributed by atoms with Crippen molar-refractivity contribution < 1.29 is 13.9 Å². The van der Waals surface area contributed by atoms with Crippen molar-refractivity contribution in [2.75, 3.05) is 12.4 Å². The fourth-order valence-electron chi connectivity index (χ4n) is 2.67. The van der Waals surface area contributed by atoms with E-state index in [-0.39, 0.29) is 5.82 Å². The van der Waals surface area contributed by atoms with Crippen LogP contribution in [0.25, 0.3) is 11.3 Å². The third-order valence-corrected chi connectivity index (χ3v) is 4.35. The molecule has 0 saturated carbocycles. The summed E-state index contributed by atoms with van der Waals surface area (Å²) in [5.41, 5.74) is -0.0474. The summed E-state index contributed by atoms with van der Waals surface area (Å²) in [5.74, 6) is -0.175. The average Bonchev–Trinajstić information content (AvgIpc) is 2.69. The molecule has 0 atom stereocenters. The van der Waals surface area contributed by atoms with Gasteiger partial charge in [-0.3, -0.25) is 9.59 Å². The highest BCUT2D eigenvalue weighted by Crippen LogP contribution is 2.22. The van der Waals surface area contributed by atoms with Crippen molar-refractivity contribution in [3.8, 4) is 17.0 Å². The molecule has 1 heterocycles. The van der Waals surface area contributed by atoms with Crippen LogP contribution in [0.15, 0.2) is 65.5 Å². The van der Waals surface area contributed by atoms with Gasteiger partial charge in [0.15, 0.2) is 0 Å². The summed E-state index contributed by atoms with van der Waals surface area (Å²) in [5, 5.41) is 7.12. The number of nitrogens with zero attached hydrogens (tertiary/aromatic N) is 2. The van der Waals surface area contributed by atoms with Crippen LogP contribution < -0.4 is 15.6 Å². The normalized spacial score (nSPS) is 11.1. The first kappa shape index (κ1) is 19.3. The molecule has 1 aromatic heterocycles. The van der Waals surface area contributed by atoms with Crippen LogP contribution in [0, 0.1) is 5.82 Å². The Bertz CT molecular complexity index is 1060. The zero-order valence-corrected chi connectivity index (χ0v) is 15.8. The lowest BCUT2D eigenvalue weighted by Crippen LogP contribution is -2.47. The maximum absolute atomic E-state index is 13.2. The number of methoxy groups -OCH3 is 1. The Morgan fingerprint density at radius 3 is 2.50 bits per heavy atom. The number of hydrogen-bond donors (Lipinski definition) is 1. The molecule has 0 aliphatic rings. The summed E-state index contributed by atoms with van der Waals surface area (Å²) >= 11 is 0. The van der Waals surface area contributed by atoms with E-state index in [0.29, 0.717) is 22.7 Å². The van der Waals surface area contributed by atoms with Crippen molar-refractivity contribution in [2.24, 2.45) is 0 Å². The predicted molar refractivity (Wildman–Crippen MR) is 105 cm³/mol. The lowest BCUT2D eigenvalue weighted by molar-refractivity contribution is -0.123. The Morgan fingerprint density at radius 2 is 1.82 bits per heavy atom. The molecular weight excluding hydrogens is 361 g/mol. The van der Waals surface area contributed by atoms with Crippen LogP contribution in [0.4, 0.5) is 10.1 Å². The van der Waals surface area contributed by atoms with Gasteiger partial charge < -0.3 is 10.1 Å². The molecule has 0 spiro atoms. The van der Waals surface area contributed by atoms with Crippen molar-refractivity contribution >= 4 is 11.6 Å². The number of carbonyl (C=O) groups excluding carboxylic acids is 1. The minimum Gasteiger partial charge on any atom is -0.497 e. The highest BCUT2D eigenvalue weighted by atomic mass is 19.1. The topological polar surface area (TPSA) is 73.2 Å². The quantitative estimate of drug-likeness (QED) is 0.735. The molecule has 3 rings (SSSR count). The van der Waals surface area contributed by atoms with Crippen LogP contribution in [0.5, 0.6) is 5.75 Å². The van der Waals surface area contributed by atoms with E-state index in [2.05, 4.69) is 10.4 Å². The highest BCUT2D eigenvalue weighted by molar-refractivity contribution is 5.96. The van der Waals surface area contributed by atoms with E-state index < -0.39 is 17.0 Å². The smallest absolute Gasteiger partial charge is 0.267 e. The number of hydrogen-bond acceptors (Lipinski definition) is 4. The zero-order chi connectivity index (χ0) is 20.3. The minimum absolute atomic E-state index is 0.366. The van der Waals surface area contributed by atoms with Gasteiger partial charge in [0.1, 0.15) is 17.1 Å². The molecule has 0 fully saturated rings. The second-order valence-corrected chi connectivity index (χ2v) is 6.72. The van der Waals surface area contributed by atoms with Gasteiger partial charge in [0.2, 0.25) is 0 Å². The Labute approximate surface area is 161 Å². The number of halogens is 1. The van der Waals surface area contributed by atoms with Crippen molar-refractivity contribution in [3.63, 3.8) is 0 Å². The molecule has 1 N–H and O–H groups in total. The first-order valence-corrected chi connectivity index (χ1v) is 8.63. The van der Waals surface area contributed by atoms with E-state index in [1.165, 1.54) is 25.3 Å². The van der Waals surface area contributed by atoms with Gasteiger partial charge >= 0.3 is 0 Å². The summed E-state index contributed by atoms with van der Waals surface area (Å²) in [4.78, 5) is 25.3. The van der Waals surface area contributed by atoms with Gasteiger partial charge in [0.25, 0.3) is 11.5 Å². The van der Waals surface area contributed by atoms with Crippen LogP contribution in [0.2, 0.25) is 0 Å². The van der Waals surface area contributed by atoms with Crippen LogP contribution in [0.1, 0.15) is 13.8 Å². The summed E-state index contributed by atoms with van der Waals surface area (Å²) in [6.07, 6.45) is 0. The largest absolute Gasteiger partial charge is 0.497 e. The second kappa shape index (κ2) is 7.64. The maximum Gasteiger partial charge on any atom is 0.267 e. The molecule has 28 heavy (non-hydrogen) atoms. The molecule has 0 saturated heterocycles. The SMILES string of the molecule is COc1cccc(NC(=O)C(C)(C)n2nc(-c3ccc(F)cc3)ccc2=O)c1. The van der Waals surface area contributed by atoms with Gasteiger partial charge in [-0.1, -0.05) is 6.07 Å². The van der Waals surface area contributed by atoms with E-state index >= 15 is 0 Å². The fraction of sp³-hybridized carbons (Fsp3) is 0.190. The summed E-state index contributed by atoms with van der Waals surface area (Å²) in [6.45, 7) is 3.21. The van der Waals surface area contributed by atoms with Gasteiger partial charge in [-0.25, -0.2) is 9.07 Å². The number of carbonyl (C=O) groups is 1. The average molecular weight is 381 g/mol. The number of rotatable bonds is 5. The van der Waals surface area contributed by atoms with E-state index in [4.69, 9.17) is 4.74 Å². The first-order chi connectivity index (χ1) is 13.3. The molecular formula is C21H20FN3O3. The number of nitrogens with one attached hydrogen (secondary N) is 1. The molecule has 0 radical (unpaired) electrons. The van der Waals surface area contributed by atoms with Gasteiger partial charge in [-0.2, -0.15) is 5.10 Å². The standard InChI is InChI=1S/C21H20FN3O3/c1-21(2,20(27)23-16-5-4-6-17(13-16)28-3)25-19(26)12-11-18(24-25)14-7-9-15(22)10-8-14/h4-13H,1-3H3,(H,23,27). The van der Waals surface area contributed by atoms with Crippen LogP contribution in [-0.4, -0.2) is 22.8 Å². The maximum atomic E-state index is 13.2. The van der Waals surface area contributed by atoms with E-state index in [1.807, 2.05) is 0 Å². The fourth-order valence-corrected chi connectivity index (χ4v) is 2.67. The number of amides is 1. The number of benzene rings is 2. The molecule has 144 valence electrons. The lowest BCUT2D eigenvalue weighted by atomic mass is 10.0. The molecule has 6 nitrogen and oxygen atoms in total. The molecule has 0 bridgehead atoms. The molecule has 0 aliphatic carbocycles. The second-order valence-electron chi connectivity index (χ2n) is 6.72. The number of aromatic nitrogens is 2. The van der Waals surface area contributed by atoms with Crippen molar-refractivity contribution in [1.82, 2.24) is 9.78 Å². The van der Waals surface area contributed by atoms with Gasteiger partial charge in [0, 0.05) is 23.4 Å². The van der Waals surface area contributed by atoms with Gasteiger partial charge in [-0.05, 0) is 56.3 Å². The summed E-state index contributed by atoms with van der Waals surface area (Å²) in [6, 6.07) is 15.6. The predicted octanol–water partition coefficient (Wildman–Crippen LogP) is 3.43. The van der Waals surface area contributed by atoms with E-state index in [1.54, 1.807) is 56.3 Å². The van der Waals surface area contributed by atoms with Crippen LogP contribution >= 0.6 is 0 Å². The molecule has 2 aromatic carbocycles. The van der Waals surface area contributed by atoms with Crippen LogP contribution in [0.3, 0.4) is 0 Å². The highest BCUT2D eigenvalue weighted by Gasteiger charge is 2.32. The van der Waals surface area contributed by atoms with Crippen LogP contribution in [-0.2, 0) is 10.3 Å². The molecule has 1 amide bonds. The van der Waals surface area contributed by atoms with E-state index in [0.717, 1.165) is 4.68 Å². The third kappa shape index (κ3) is 3.93. The molecule has 0 unspecified atom stereocenters. The zero-order valence-electron chi connectivity index (χ0n) is 15.8. The Hall–Kier alpha value is -3.48. The molecule has 3 aromatic rings. The first-order valence-electron chi connectivity index (χ1n) is 8.63. The van der Waals surface area contributed by atoms with Crippen molar-refractivity contribution in [2.45, 2.75) is 19.4 Å². The monoisotopic (exact) mass is 381 g/mol. The number of ether oxygens (including phenoxy) is 1. The van der Waals surface area contributed by atoms with Gasteiger partial charge in [-0.15, -0.1) is 0 Å². The molecule has 7 heteroatoms. The molecule has 0 aliphatic heterocycles. The Kier molecular flexibility index (Phi) is 5.26. The Balaban J connectivity index is 1.93. The van der Waals surface area contributed by atoms with Crippen molar-refractivity contribution in [3.05, 3.63) is 76.8 Å². The third-order valence-electron chi connectivity index (χ3n) is 4.35. The Morgan fingerprint density at radius 1 is 1.11 bits per heavy atom. The number of anilines is 1. The summed E-state index contributed by atoms with van der Waals surface area (Å²) in [7, 11) is 1.54. The minimum atomic E-state index is -1.27. The van der Waals surface area contributed by atoms with E-state index in [9.17, 15) is 14.0 Å².